The molecule has 4 rings (SSSR count). The third kappa shape index (κ3) is 6.54. The van der Waals surface area contributed by atoms with Gasteiger partial charge in [0, 0.05) is 45.0 Å². The number of esters is 1. The molecule has 0 radical (unpaired) electrons. The molecule has 2 N–H and O–H groups in total. The Balaban J connectivity index is 1.38. The van der Waals surface area contributed by atoms with Crippen LogP contribution in [0.25, 0.3) is 0 Å². The molecule has 1 unspecified atom stereocenters. The number of nitrogens with zero attached hydrogens (tertiary/aromatic N) is 2. The number of carbonyl (C=O) groups excluding carboxylic acids is 2. The van der Waals surface area contributed by atoms with Gasteiger partial charge in [-0.2, -0.15) is 0 Å². The van der Waals surface area contributed by atoms with E-state index in [9.17, 15) is 9.59 Å². The van der Waals surface area contributed by atoms with Crippen molar-refractivity contribution in [1.82, 2.24) is 20.4 Å². The molecule has 8 nitrogen and oxygen atoms in total. The van der Waals surface area contributed by atoms with Gasteiger partial charge in [0.1, 0.15) is 12.4 Å². The molecule has 2 aromatic rings. The van der Waals surface area contributed by atoms with Gasteiger partial charge in [0.15, 0.2) is 0 Å². The summed E-state index contributed by atoms with van der Waals surface area (Å²) in [5.41, 5.74) is 1.89. The summed E-state index contributed by atoms with van der Waals surface area (Å²) in [6.45, 7) is 7.21. The monoisotopic (exact) mass is 498 g/mol. The highest BCUT2D eigenvalue weighted by Gasteiger charge is 2.34. The molecule has 186 valence electrons. The minimum atomic E-state index is -0.553. The van der Waals surface area contributed by atoms with E-state index >= 15 is 0 Å². The number of urea groups is 1. The van der Waals surface area contributed by atoms with E-state index < -0.39 is 12.0 Å². The molecule has 2 heterocycles. The van der Waals surface area contributed by atoms with Crippen molar-refractivity contribution in [2.75, 3.05) is 52.5 Å². The molecule has 35 heavy (non-hydrogen) atoms. The van der Waals surface area contributed by atoms with Crippen LogP contribution in [0, 0.1) is 0 Å². The van der Waals surface area contributed by atoms with Gasteiger partial charge in [0.05, 0.1) is 23.2 Å². The summed E-state index contributed by atoms with van der Waals surface area (Å²) in [6, 6.07) is 16.1. The first kappa shape index (κ1) is 25.0. The SMILES string of the molecule is CCOC(=O)C1=C(CN2CCN(CCOc3ccccc3Cl)CC2)NC(=O)NC1c1ccccc1. The number of carbonyl (C=O) groups is 2. The summed E-state index contributed by atoms with van der Waals surface area (Å²) >= 11 is 6.15. The molecule has 2 aliphatic rings. The Labute approximate surface area is 210 Å². The van der Waals surface area contributed by atoms with Crippen LogP contribution in [0.15, 0.2) is 65.9 Å². The van der Waals surface area contributed by atoms with Crippen LogP contribution in [0.1, 0.15) is 18.5 Å². The van der Waals surface area contributed by atoms with E-state index in [1.807, 2.05) is 54.6 Å². The van der Waals surface area contributed by atoms with Crippen molar-refractivity contribution in [3.8, 4) is 5.75 Å². The predicted molar refractivity (Wildman–Crippen MR) is 134 cm³/mol. The number of halogens is 1. The largest absolute Gasteiger partial charge is 0.491 e. The molecule has 1 fully saturated rings. The van der Waals surface area contributed by atoms with Crippen LogP contribution in [0.5, 0.6) is 5.75 Å². The first-order chi connectivity index (χ1) is 17.0. The molecule has 2 amide bonds. The third-order valence-electron chi connectivity index (χ3n) is 6.13. The Morgan fingerprint density at radius 3 is 2.43 bits per heavy atom. The van der Waals surface area contributed by atoms with Gasteiger partial charge in [-0.15, -0.1) is 0 Å². The number of piperazine rings is 1. The standard InChI is InChI=1S/C26H31ClN4O4/c1-2-34-25(32)23-21(28-26(33)29-24(23)19-8-4-3-5-9-19)18-31-14-12-30(13-15-31)16-17-35-22-11-7-6-10-20(22)27/h3-11,24H,2,12-18H2,1H3,(H2,28,29,33). The number of hydrogen-bond donors (Lipinski definition) is 2. The Morgan fingerprint density at radius 2 is 1.71 bits per heavy atom. The molecule has 2 aliphatic heterocycles. The van der Waals surface area contributed by atoms with Crippen LogP contribution < -0.4 is 15.4 Å². The van der Waals surface area contributed by atoms with Crippen molar-refractivity contribution >= 4 is 23.6 Å². The van der Waals surface area contributed by atoms with Crippen LogP contribution in [0.4, 0.5) is 4.79 Å². The molecule has 0 spiro atoms. The Morgan fingerprint density at radius 1 is 1.03 bits per heavy atom. The van der Waals surface area contributed by atoms with Crippen molar-refractivity contribution in [3.63, 3.8) is 0 Å². The van der Waals surface area contributed by atoms with Crippen molar-refractivity contribution in [1.29, 1.82) is 0 Å². The first-order valence-corrected chi connectivity index (χ1v) is 12.3. The second-order valence-electron chi connectivity index (χ2n) is 8.45. The second-order valence-corrected chi connectivity index (χ2v) is 8.86. The number of para-hydroxylation sites is 1. The minimum absolute atomic E-state index is 0.264. The Hall–Kier alpha value is -3.07. The number of nitrogens with one attached hydrogen (secondary N) is 2. The highest BCUT2D eigenvalue weighted by Crippen LogP contribution is 2.28. The average molecular weight is 499 g/mol. The highest BCUT2D eigenvalue weighted by molar-refractivity contribution is 6.32. The van der Waals surface area contributed by atoms with Gasteiger partial charge in [-0.25, -0.2) is 9.59 Å². The number of hydrogen-bond acceptors (Lipinski definition) is 6. The Bertz CT molecular complexity index is 1050. The molecule has 0 saturated carbocycles. The molecule has 1 atom stereocenters. The zero-order valence-electron chi connectivity index (χ0n) is 19.8. The third-order valence-corrected chi connectivity index (χ3v) is 6.44. The van der Waals surface area contributed by atoms with E-state index in [-0.39, 0.29) is 12.6 Å². The van der Waals surface area contributed by atoms with Gasteiger partial charge < -0.3 is 20.1 Å². The molecule has 1 saturated heterocycles. The molecule has 0 bridgehead atoms. The molecule has 2 aromatic carbocycles. The summed E-state index contributed by atoms with van der Waals surface area (Å²) in [4.78, 5) is 30.0. The number of benzene rings is 2. The fraction of sp³-hybridized carbons (Fsp3) is 0.385. The summed E-state index contributed by atoms with van der Waals surface area (Å²) in [5, 5.41) is 6.35. The summed E-state index contributed by atoms with van der Waals surface area (Å²) < 4.78 is 11.2. The lowest BCUT2D eigenvalue weighted by atomic mass is 9.95. The van der Waals surface area contributed by atoms with E-state index in [0.717, 1.165) is 38.3 Å². The number of amides is 2. The smallest absolute Gasteiger partial charge is 0.338 e. The Kier molecular flexibility index (Phi) is 8.63. The highest BCUT2D eigenvalue weighted by atomic mass is 35.5. The van der Waals surface area contributed by atoms with Gasteiger partial charge in [-0.3, -0.25) is 9.80 Å². The second kappa shape index (κ2) is 12.1. The maximum absolute atomic E-state index is 12.9. The van der Waals surface area contributed by atoms with E-state index in [0.29, 0.717) is 35.2 Å². The summed E-state index contributed by atoms with van der Waals surface area (Å²) in [7, 11) is 0. The fourth-order valence-corrected chi connectivity index (χ4v) is 4.52. The van der Waals surface area contributed by atoms with Crippen LogP contribution >= 0.6 is 11.6 Å². The van der Waals surface area contributed by atoms with Gasteiger partial charge in [-0.1, -0.05) is 54.1 Å². The average Bonchev–Trinajstić information content (AvgIpc) is 2.86. The number of ether oxygens (including phenoxy) is 2. The molecule has 0 aromatic heterocycles. The molecule has 0 aliphatic carbocycles. The summed E-state index contributed by atoms with van der Waals surface area (Å²) in [6.07, 6.45) is 0. The van der Waals surface area contributed by atoms with Crippen LogP contribution in [-0.4, -0.2) is 74.3 Å². The lowest BCUT2D eigenvalue weighted by molar-refractivity contribution is -0.139. The van der Waals surface area contributed by atoms with Crippen molar-refractivity contribution in [2.24, 2.45) is 0 Å². The van der Waals surface area contributed by atoms with E-state index in [2.05, 4.69) is 20.4 Å². The van der Waals surface area contributed by atoms with E-state index in [1.54, 1.807) is 6.92 Å². The van der Waals surface area contributed by atoms with Gasteiger partial charge in [-0.05, 0) is 24.6 Å². The van der Waals surface area contributed by atoms with Crippen molar-refractivity contribution in [3.05, 3.63) is 76.5 Å². The van der Waals surface area contributed by atoms with E-state index in [1.165, 1.54) is 0 Å². The van der Waals surface area contributed by atoms with Crippen molar-refractivity contribution in [2.45, 2.75) is 13.0 Å². The summed E-state index contributed by atoms with van der Waals surface area (Å²) in [5.74, 6) is 0.278. The fourth-order valence-electron chi connectivity index (χ4n) is 4.33. The molecular weight excluding hydrogens is 468 g/mol. The van der Waals surface area contributed by atoms with Crippen LogP contribution in [-0.2, 0) is 9.53 Å². The number of rotatable bonds is 9. The zero-order chi connectivity index (χ0) is 24.6. The molecular formula is C26H31ClN4O4. The quantitative estimate of drug-likeness (QED) is 0.517. The molecule has 9 heteroatoms. The van der Waals surface area contributed by atoms with Crippen LogP contribution in [0.2, 0.25) is 5.02 Å². The van der Waals surface area contributed by atoms with Gasteiger partial charge in [0.25, 0.3) is 0 Å². The minimum Gasteiger partial charge on any atom is -0.491 e. The maximum Gasteiger partial charge on any atom is 0.338 e. The van der Waals surface area contributed by atoms with Crippen LogP contribution in [0.3, 0.4) is 0 Å². The van der Waals surface area contributed by atoms with Gasteiger partial charge in [0.2, 0.25) is 0 Å². The maximum atomic E-state index is 12.9. The first-order valence-electron chi connectivity index (χ1n) is 11.9. The van der Waals surface area contributed by atoms with Crippen molar-refractivity contribution < 1.29 is 19.1 Å². The zero-order valence-corrected chi connectivity index (χ0v) is 20.6. The van der Waals surface area contributed by atoms with E-state index in [4.69, 9.17) is 21.1 Å². The normalized spacial score (nSPS) is 19.1. The lowest BCUT2D eigenvalue weighted by Crippen LogP contribution is -2.52. The lowest BCUT2D eigenvalue weighted by Gasteiger charge is -2.37. The van der Waals surface area contributed by atoms with Gasteiger partial charge >= 0.3 is 12.0 Å². The topological polar surface area (TPSA) is 83.1 Å². The predicted octanol–water partition coefficient (Wildman–Crippen LogP) is 3.21.